The van der Waals surface area contributed by atoms with E-state index in [-0.39, 0.29) is 0 Å². The van der Waals surface area contributed by atoms with E-state index in [1.807, 2.05) is 26.0 Å². The first-order valence-electron chi connectivity index (χ1n) is 6.50. The van der Waals surface area contributed by atoms with Gasteiger partial charge in [-0.2, -0.15) is 5.26 Å². The van der Waals surface area contributed by atoms with Gasteiger partial charge < -0.3 is 5.11 Å². The summed E-state index contributed by atoms with van der Waals surface area (Å²) in [5, 5.41) is 19.4. The van der Waals surface area contributed by atoms with Crippen LogP contribution in [0, 0.1) is 18.3 Å². The van der Waals surface area contributed by atoms with Crippen LogP contribution in [0.25, 0.3) is 0 Å². The molecule has 1 aliphatic rings. The van der Waals surface area contributed by atoms with Gasteiger partial charge >= 0.3 is 0 Å². The molecule has 18 heavy (non-hydrogen) atoms. The molecular weight excluding hydrogens is 224 g/mol. The van der Waals surface area contributed by atoms with Crippen LogP contribution in [0.3, 0.4) is 0 Å². The molecule has 0 radical (unpaired) electrons. The van der Waals surface area contributed by atoms with Crippen LogP contribution in [0.5, 0.6) is 5.75 Å². The molecule has 1 fully saturated rings. The summed E-state index contributed by atoms with van der Waals surface area (Å²) in [6.07, 6.45) is 2.91. The van der Waals surface area contributed by atoms with Crippen molar-refractivity contribution in [2.45, 2.75) is 38.6 Å². The van der Waals surface area contributed by atoms with Crippen LogP contribution in [0.1, 0.15) is 30.9 Å². The number of aryl methyl sites for hydroxylation is 1. The number of hydrogen-bond acceptors (Lipinski definition) is 3. The topological polar surface area (TPSA) is 47.3 Å². The molecule has 0 aromatic heterocycles. The monoisotopic (exact) mass is 244 g/mol. The maximum atomic E-state index is 9.91. The number of likely N-dealkylation sites (tertiary alicyclic amines) is 1. The molecule has 1 unspecified atom stereocenters. The van der Waals surface area contributed by atoms with E-state index < -0.39 is 5.54 Å². The van der Waals surface area contributed by atoms with Crippen molar-refractivity contribution in [3.05, 3.63) is 29.3 Å². The first kappa shape index (κ1) is 12.9. The maximum Gasteiger partial charge on any atom is 0.118 e. The first-order chi connectivity index (χ1) is 8.55. The molecule has 0 amide bonds. The fourth-order valence-corrected chi connectivity index (χ4v) is 2.66. The van der Waals surface area contributed by atoms with Crippen molar-refractivity contribution in [3.8, 4) is 11.8 Å². The third-order valence-corrected chi connectivity index (χ3v) is 3.81. The lowest BCUT2D eigenvalue weighted by Gasteiger charge is -2.32. The summed E-state index contributed by atoms with van der Waals surface area (Å²) in [6, 6.07) is 8.01. The Hall–Kier alpha value is -1.53. The van der Waals surface area contributed by atoms with Crippen molar-refractivity contribution < 1.29 is 5.11 Å². The lowest BCUT2D eigenvalue weighted by molar-refractivity contribution is 0.190. The molecule has 1 atom stereocenters. The third-order valence-electron chi connectivity index (χ3n) is 3.81. The van der Waals surface area contributed by atoms with E-state index in [1.54, 1.807) is 6.07 Å². The van der Waals surface area contributed by atoms with Crippen molar-refractivity contribution in [3.63, 3.8) is 0 Å². The van der Waals surface area contributed by atoms with Crippen molar-refractivity contribution >= 4 is 0 Å². The van der Waals surface area contributed by atoms with E-state index in [0.717, 1.165) is 37.1 Å². The predicted molar refractivity (Wildman–Crippen MR) is 71.4 cm³/mol. The minimum absolute atomic E-state index is 0.293. The predicted octanol–water partition coefficient (Wildman–Crippen LogP) is 2.62. The SMILES string of the molecule is Cc1ccc(O)c(CC(C)(C#N)N2CCCC2)c1. The van der Waals surface area contributed by atoms with Gasteiger partial charge in [-0.25, -0.2) is 0 Å². The molecule has 1 heterocycles. The van der Waals surface area contributed by atoms with Gasteiger partial charge in [0.2, 0.25) is 0 Å². The molecule has 0 aliphatic carbocycles. The Morgan fingerprint density at radius 2 is 2.06 bits per heavy atom. The average Bonchev–Trinajstić information content (AvgIpc) is 2.88. The number of benzene rings is 1. The lowest BCUT2D eigenvalue weighted by Crippen LogP contribution is -2.45. The summed E-state index contributed by atoms with van der Waals surface area (Å²) in [4.78, 5) is 2.23. The summed E-state index contributed by atoms with van der Waals surface area (Å²) >= 11 is 0. The van der Waals surface area contributed by atoms with Crippen molar-refractivity contribution in [2.75, 3.05) is 13.1 Å². The highest BCUT2D eigenvalue weighted by Crippen LogP contribution is 2.29. The van der Waals surface area contributed by atoms with Crippen molar-refractivity contribution in [1.29, 1.82) is 5.26 Å². The summed E-state index contributed by atoms with van der Waals surface area (Å²) in [7, 11) is 0. The second-order valence-electron chi connectivity index (χ2n) is 5.39. The summed E-state index contributed by atoms with van der Waals surface area (Å²) in [5.74, 6) is 0.293. The number of nitriles is 1. The molecule has 0 saturated carbocycles. The first-order valence-corrected chi connectivity index (χ1v) is 6.50. The van der Waals surface area contributed by atoms with Crippen LogP contribution in [0.2, 0.25) is 0 Å². The Morgan fingerprint density at radius 3 is 2.67 bits per heavy atom. The van der Waals surface area contributed by atoms with Crippen LogP contribution in [-0.4, -0.2) is 28.6 Å². The smallest absolute Gasteiger partial charge is 0.118 e. The van der Waals surface area contributed by atoms with Gasteiger partial charge in [-0.05, 0) is 51.4 Å². The van der Waals surface area contributed by atoms with E-state index in [9.17, 15) is 10.4 Å². The van der Waals surface area contributed by atoms with E-state index >= 15 is 0 Å². The molecule has 1 aromatic carbocycles. The minimum Gasteiger partial charge on any atom is -0.508 e. The third kappa shape index (κ3) is 2.49. The van der Waals surface area contributed by atoms with Gasteiger partial charge in [0, 0.05) is 6.42 Å². The highest BCUT2D eigenvalue weighted by Gasteiger charge is 2.34. The summed E-state index contributed by atoms with van der Waals surface area (Å²) in [5.41, 5.74) is 1.47. The van der Waals surface area contributed by atoms with Crippen LogP contribution in [-0.2, 0) is 6.42 Å². The Labute approximate surface area is 109 Å². The molecule has 1 N–H and O–H groups in total. The molecule has 2 rings (SSSR count). The van der Waals surface area contributed by atoms with Gasteiger partial charge in [0.05, 0.1) is 6.07 Å². The highest BCUT2D eigenvalue weighted by atomic mass is 16.3. The Morgan fingerprint density at radius 1 is 1.39 bits per heavy atom. The average molecular weight is 244 g/mol. The van der Waals surface area contributed by atoms with Crippen LogP contribution in [0.15, 0.2) is 18.2 Å². The number of hydrogen-bond donors (Lipinski definition) is 1. The zero-order chi connectivity index (χ0) is 13.2. The number of phenols is 1. The molecule has 1 aromatic rings. The van der Waals surface area contributed by atoms with Gasteiger partial charge in [-0.1, -0.05) is 17.7 Å². The zero-order valence-electron chi connectivity index (χ0n) is 11.1. The van der Waals surface area contributed by atoms with Crippen LogP contribution >= 0.6 is 0 Å². The Kier molecular flexibility index (Phi) is 3.58. The molecule has 3 nitrogen and oxygen atoms in total. The second kappa shape index (κ2) is 4.99. The van der Waals surface area contributed by atoms with Gasteiger partial charge in [0.15, 0.2) is 0 Å². The van der Waals surface area contributed by atoms with E-state index in [4.69, 9.17) is 0 Å². The number of phenolic OH excluding ortho intramolecular Hbond substituents is 1. The second-order valence-corrected chi connectivity index (χ2v) is 5.39. The molecule has 96 valence electrons. The quantitative estimate of drug-likeness (QED) is 0.889. The molecule has 1 aliphatic heterocycles. The molecule has 0 spiro atoms. The lowest BCUT2D eigenvalue weighted by atomic mass is 9.91. The minimum atomic E-state index is -0.512. The number of nitrogens with zero attached hydrogens (tertiary/aromatic N) is 2. The van der Waals surface area contributed by atoms with Gasteiger partial charge in [0.1, 0.15) is 11.3 Å². The van der Waals surface area contributed by atoms with Crippen molar-refractivity contribution in [1.82, 2.24) is 4.90 Å². The van der Waals surface area contributed by atoms with Gasteiger partial charge in [0.25, 0.3) is 0 Å². The number of aromatic hydroxyl groups is 1. The van der Waals surface area contributed by atoms with Crippen LogP contribution in [0.4, 0.5) is 0 Å². The normalized spacial score (nSPS) is 19.4. The fourth-order valence-electron chi connectivity index (χ4n) is 2.66. The fraction of sp³-hybridized carbons (Fsp3) is 0.533. The zero-order valence-corrected chi connectivity index (χ0v) is 11.1. The molecule has 1 saturated heterocycles. The Balaban J connectivity index is 2.24. The molecule has 0 bridgehead atoms. The van der Waals surface area contributed by atoms with Gasteiger partial charge in [-0.3, -0.25) is 4.90 Å². The van der Waals surface area contributed by atoms with E-state index in [1.165, 1.54) is 0 Å². The summed E-state index contributed by atoms with van der Waals surface area (Å²) in [6.45, 7) is 5.94. The van der Waals surface area contributed by atoms with E-state index in [0.29, 0.717) is 12.2 Å². The Bertz CT molecular complexity index is 472. The largest absolute Gasteiger partial charge is 0.508 e. The van der Waals surface area contributed by atoms with E-state index in [2.05, 4.69) is 11.0 Å². The van der Waals surface area contributed by atoms with Crippen molar-refractivity contribution in [2.24, 2.45) is 0 Å². The molecular formula is C15H20N2O. The maximum absolute atomic E-state index is 9.91. The van der Waals surface area contributed by atoms with Gasteiger partial charge in [-0.15, -0.1) is 0 Å². The highest BCUT2D eigenvalue weighted by molar-refractivity contribution is 5.38. The molecule has 3 heteroatoms. The summed E-state index contributed by atoms with van der Waals surface area (Å²) < 4.78 is 0. The van der Waals surface area contributed by atoms with Crippen LogP contribution < -0.4 is 0 Å². The number of rotatable bonds is 3. The standard InChI is InChI=1S/C15H20N2O/c1-12-5-6-14(18)13(9-12)10-15(2,11-16)17-7-3-4-8-17/h5-6,9,18H,3-4,7-8,10H2,1-2H3.